The van der Waals surface area contributed by atoms with E-state index in [-0.39, 0.29) is 0 Å². The molecule has 3 atom stereocenters. The molecule has 0 radical (unpaired) electrons. The number of aliphatic hydroxyl groups is 1. The van der Waals surface area contributed by atoms with Gasteiger partial charge in [-0.3, -0.25) is 4.98 Å². The largest absolute Gasteiger partial charge is 0.494 e. The van der Waals surface area contributed by atoms with Gasteiger partial charge in [0.05, 0.1) is 18.2 Å². The SMILES string of the molecule is CCCCCCCN1CCC(CCC(O)c2ccnc3ccc(OCCCCCN)cc23)C(CC)C1. The average Bonchev–Trinajstić information content (AvgIpc) is 2.91. The first-order valence-corrected chi connectivity index (χ1v) is 14.8. The van der Waals surface area contributed by atoms with E-state index < -0.39 is 6.10 Å². The van der Waals surface area contributed by atoms with Crippen LogP contribution in [0.3, 0.4) is 0 Å². The van der Waals surface area contributed by atoms with Crippen molar-refractivity contribution in [2.75, 3.05) is 32.8 Å². The zero-order valence-electron chi connectivity index (χ0n) is 23.0. The summed E-state index contributed by atoms with van der Waals surface area (Å²) in [6, 6.07) is 8.03. The number of rotatable bonds is 17. The van der Waals surface area contributed by atoms with E-state index in [1.165, 1.54) is 64.6 Å². The highest BCUT2D eigenvalue weighted by molar-refractivity contribution is 5.83. The highest BCUT2D eigenvalue weighted by Crippen LogP contribution is 2.34. The second-order valence-corrected chi connectivity index (χ2v) is 10.8. The molecular weight excluding hydrogens is 446 g/mol. The lowest BCUT2D eigenvalue weighted by Crippen LogP contribution is -2.40. The first-order chi connectivity index (χ1) is 17.7. The topological polar surface area (TPSA) is 71.6 Å². The van der Waals surface area contributed by atoms with Gasteiger partial charge >= 0.3 is 0 Å². The van der Waals surface area contributed by atoms with Gasteiger partial charge in [0.15, 0.2) is 0 Å². The molecule has 1 aromatic heterocycles. The van der Waals surface area contributed by atoms with E-state index in [4.69, 9.17) is 10.5 Å². The third kappa shape index (κ3) is 9.00. The number of hydrogen-bond donors (Lipinski definition) is 2. The molecule has 0 aliphatic carbocycles. The number of aliphatic hydroxyl groups excluding tert-OH is 1. The Balaban J connectivity index is 1.52. The Kier molecular flexibility index (Phi) is 13.0. The van der Waals surface area contributed by atoms with E-state index in [2.05, 4.69) is 29.8 Å². The molecule has 1 aliphatic rings. The Morgan fingerprint density at radius 1 is 1.06 bits per heavy atom. The zero-order valence-corrected chi connectivity index (χ0v) is 23.0. The molecule has 2 heterocycles. The summed E-state index contributed by atoms with van der Waals surface area (Å²) in [5, 5.41) is 12.2. The molecule has 3 unspecified atom stereocenters. The van der Waals surface area contributed by atoms with Gasteiger partial charge in [-0.2, -0.15) is 0 Å². The van der Waals surface area contributed by atoms with Crippen LogP contribution >= 0.6 is 0 Å². The highest BCUT2D eigenvalue weighted by atomic mass is 16.5. The first kappa shape index (κ1) is 28.9. The van der Waals surface area contributed by atoms with Gasteiger partial charge in [-0.1, -0.05) is 46.0 Å². The molecule has 0 saturated carbocycles. The quantitative estimate of drug-likeness (QED) is 0.233. The van der Waals surface area contributed by atoms with Crippen LogP contribution in [0.15, 0.2) is 30.5 Å². The van der Waals surface area contributed by atoms with Crippen molar-refractivity contribution >= 4 is 10.9 Å². The Morgan fingerprint density at radius 3 is 2.69 bits per heavy atom. The molecule has 0 spiro atoms. The number of piperidine rings is 1. The molecule has 2 aromatic rings. The minimum absolute atomic E-state index is 0.468. The number of pyridine rings is 1. The van der Waals surface area contributed by atoms with Crippen molar-refractivity contribution in [3.05, 3.63) is 36.0 Å². The molecule has 0 amide bonds. The molecule has 1 aliphatic heterocycles. The van der Waals surface area contributed by atoms with Crippen LogP contribution in [-0.4, -0.2) is 47.8 Å². The summed E-state index contributed by atoms with van der Waals surface area (Å²) in [6.07, 6.45) is 15.7. The average molecular weight is 498 g/mol. The van der Waals surface area contributed by atoms with Crippen molar-refractivity contribution in [3.63, 3.8) is 0 Å². The molecule has 1 fully saturated rings. The van der Waals surface area contributed by atoms with Gasteiger partial charge in [0.1, 0.15) is 5.75 Å². The van der Waals surface area contributed by atoms with Gasteiger partial charge in [0, 0.05) is 18.1 Å². The van der Waals surface area contributed by atoms with E-state index in [0.29, 0.717) is 12.5 Å². The number of aromatic nitrogens is 1. The van der Waals surface area contributed by atoms with Crippen LogP contribution in [0.25, 0.3) is 10.9 Å². The normalized spacial score (nSPS) is 19.6. The molecule has 1 saturated heterocycles. The van der Waals surface area contributed by atoms with Crippen molar-refractivity contribution in [1.29, 1.82) is 0 Å². The van der Waals surface area contributed by atoms with E-state index in [0.717, 1.165) is 66.8 Å². The highest BCUT2D eigenvalue weighted by Gasteiger charge is 2.28. The molecule has 1 aromatic carbocycles. The van der Waals surface area contributed by atoms with Crippen molar-refractivity contribution < 1.29 is 9.84 Å². The number of benzene rings is 1. The minimum atomic E-state index is -0.468. The van der Waals surface area contributed by atoms with Crippen LogP contribution in [0, 0.1) is 11.8 Å². The van der Waals surface area contributed by atoms with Gasteiger partial charge in [0.25, 0.3) is 0 Å². The Bertz CT molecular complexity index is 874. The lowest BCUT2D eigenvalue weighted by molar-refractivity contribution is 0.0903. The van der Waals surface area contributed by atoms with Crippen molar-refractivity contribution in [3.8, 4) is 5.75 Å². The molecular formula is C31H51N3O2. The maximum Gasteiger partial charge on any atom is 0.120 e. The number of unbranched alkanes of at least 4 members (excludes halogenated alkanes) is 6. The van der Waals surface area contributed by atoms with Crippen molar-refractivity contribution in [2.24, 2.45) is 17.6 Å². The molecule has 3 N–H and O–H groups in total. The van der Waals surface area contributed by atoms with Gasteiger partial charge in [-0.05, 0) is 106 Å². The second-order valence-electron chi connectivity index (χ2n) is 10.8. The molecule has 5 heteroatoms. The zero-order chi connectivity index (χ0) is 25.6. The number of likely N-dealkylation sites (tertiary alicyclic amines) is 1. The van der Waals surface area contributed by atoms with Crippen LogP contribution in [0.2, 0.25) is 0 Å². The van der Waals surface area contributed by atoms with Crippen LogP contribution in [0.5, 0.6) is 5.75 Å². The maximum absolute atomic E-state index is 11.2. The predicted octanol–water partition coefficient (Wildman–Crippen LogP) is 6.87. The summed E-state index contributed by atoms with van der Waals surface area (Å²) in [7, 11) is 0. The molecule has 202 valence electrons. The fourth-order valence-electron chi connectivity index (χ4n) is 5.81. The number of nitrogens with zero attached hydrogens (tertiary/aromatic N) is 2. The smallest absolute Gasteiger partial charge is 0.120 e. The van der Waals surface area contributed by atoms with E-state index in [9.17, 15) is 5.11 Å². The van der Waals surface area contributed by atoms with Crippen molar-refractivity contribution in [1.82, 2.24) is 9.88 Å². The van der Waals surface area contributed by atoms with Gasteiger partial charge < -0.3 is 20.5 Å². The van der Waals surface area contributed by atoms with E-state index in [1.807, 2.05) is 24.4 Å². The molecule has 3 rings (SSSR count). The summed E-state index contributed by atoms with van der Waals surface area (Å²) < 4.78 is 5.98. The third-order valence-electron chi connectivity index (χ3n) is 8.11. The van der Waals surface area contributed by atoms with Crippen LogP contribution in [-0.2, 0) is 0 Å². The summed E-state index contributed by atoms with van der Waals surface area (Å²) in [4.78, 5) is 7.22. The van der Waals surface area contributed by atoms with Crippen LogP contribution in [0.1, 0.15) is 103 Å². The summed E-state index contributed by atoms with van der Waals surface area (Å²) in [6.45, 7) is 9.76. The third-order valence-corrected chi connectivity index (χ3v) is 8.11. The molecule has 36 heavy (non-hydrogen) atoms. The number of hydrogen-bond acceptors (Lipinski definition) is 5. The Hall–Kier alpha value is -1.69. The Morgan fingerprint density at radius 2 is 1.89 bits per heavy atom. The minimum Gasteiger partial charge on any atom is -0.494 e. The van der Waals surface area contributed by atoms with Crippen LogP contribution < -0.4 is 10.5 Å². The molecule has 5 nitrogen and oxygen atoms in total. The first-order valence-electron chi connectivity index (χ1n) is 14.8. The van der Waals surface area contributed by atoms with Crippen molar-refractivity contribution in [2.45, 2.75) is 97.0 Å². The lowest BCUT2D eigenvalue weighted by atomic mass is 9.80. The summed E-state index contributed by atoms with van der Waals surface area (Å²) in [5.74, 6) is 2.31. The van der Waals surface area contributed by atoms with Gasteiger partial charge in [-0.15, -0.1) is 0 Å². The fourth-order valence-corrected chi connectivity index (χ4v) is 5.81. The lowest BCUT2D eigenvalue weighted by Gasteiger charge is -2.39. The van der Waals surface area contributed by atoms with E-state index in [1.54, 1.807) is 0 Å². The number of ether oxygens (including phenoxy) is 1. The maximum atomic E-state index is 11.2. The van der Waals surface area contributed by atoms with Crippen LogP contribution in [0.4, 0.5) is 0 Å². The predicted molar refractivity (Wildman–Crippen MR) is 151 cm³/mol. The second kappa shape index (κ2) is 16.2. The van der Waals surface area contributed by atoms with Gasteiger partial charge in [-0.25, -0.2) is 0 Å². The van der Waals surface area contributed by atoms with Gasteiger partial charge in [0.2, 0.25) is 0 Å². The Labute approximate surface area is 219 Å². The summed E-state index contributed by atoms with van der Waals surface area (Å²) >= 11 is 0. The number of nitrogens with two attached hydrogens (primary N) is 1. The monoisotopic (exact) mass is 497 g/mol. The van der Waals surface area contributed by atoms with E-state index >= 15 is 0 Å². The fraction of sp³-hybridized carbons (Fsp3) is 0.710. The molecule has 0 bridgehead atoms. The number of fused-ring (bicyclic) bond motifs is 1. The summed E-state index contributed by atoms with van der Waals surface area (Å²) in [5.41, 5.74) is 7.48. The standard InChI is InChI=1S/C31H51N3O2/c1-3-5-6-7-10-20-34-21-17-26(25(4-2)24-34)12-15-31(35)28-16-19-33-30-14-13-27(23-29(28)30)36-22-11-8-9-18-32/h13-14,16,19,23,25-26,31,35H,3-12,15,17-18,20-22,24,32H2,1-2H3.